The number of pyridine rings is 1. The molecule has 5 heteroatoms. The summed E-state index contributed by atoms with van der Waals surface area (Å²) in [6.45, 7) is 0.0970. The maximum Gasteiger partial charge on any atom is 0.126 e. The van der Waals surface area contributed by atoms with Crippen molar-refractivity contribution >= 4 is 21.6 Å². The van der Waals surface area contributed by atoms with Crippen LogP contribution in [0.4, 0.5) is 5.69 Å². The third kappa shape index (κ3) is 3.31. The minimum Gasteiger partial charge on any atom is -0.467 e. The zero-order chi connectivity index (χ0) is 12.1. The Morgan fingerprint density at radius 3 is 3.00 bits per heavy atom. The first kappa shape index (κ1) is 12.1. The number of hydrogen-bond acceptors (Lipinski definition) is 4. The zero-order valence-electron chi connectivity index (χ0n) is 9.14. The van der Waals surface area contributed by atoms with Crippen molar-refractivity contribution in [1.82, 2.24) is 4.98 Å². The van der Waals surface area contributed by atoms with Crippen molar-refractivity contribution < 1.29 is 9.52 Å². The lowest BCUT2D eigenvalue weighted by atomic mass is 10.1. The topological polar surface area (TPSA) is 58.3 Å². The molecule has 0 radical (unpaired) electrons. The minimum absolute atomic E-state index is 0.0499. The summed E-state index contributed by atoms with van der Waals surface area (Å²) in [5.74, 6) is 0.805. The SMILES string of the molecule is OCCC(Nc1cncc(Br)c1)c1ccco1. The molecule has 0 fully saturated rings. The van der Waals surface area contributed by atoms with Gasteiger partial charge in [0, 0.05) is 17.3 Å². The van der Waals surface area contributed by atoms with Gasteiger partial charge in [-0.1, -0.05) is 0 Å². The number of anilines is 1. The highest BCUT2D eigenvalue weighted by Gasteiger charge is 2.13. The van der Waals surface area contributed by atoms with Gasteiger partial charge in [-0.25, -0.2) is 0 Å². The van der Waals surface area contributed by atoms with E-state index in [1.54, 1.807) is 18.7 Å². The Bertz CT molecular complexity index is 459. The van der Waals surface area contributed by atoms with Crippen LogP contribution in [0.15, 0.2) is 45.7 Å². The van der Waals surface area contributed by atoms with Gasteiger partial charge in [-0.3, -0.25) is 4.98 Å². The van der Waals surface area contributed by atoms with Crippen molar-refractivity contribution in [2.24, 2.45) is 0 Å². The number of furan rings is 1. The Balaban J connectivity index is 2.13. The molecule has 0 aromatic carbocycles. The number of nitrogens with zero attached hydrogens (tertiary/aromatic N) is 1. The van der Waals surface area contributed by atoms with Crippen LogP contribution in [0.5, 0.6) is 0 Å². The standard InChI is InChI=1S/C12H13BrN2O2/c13-9-6-10(8-14-7-9)15-11(3-4-16)12-2-1-5-17-12/h1-2,5-8,11,15-16H,3-4H2. The molecule has 0 spiro atoms. The van der Waals surface area contributed by atoms with E-state index in [2.05, 4.69) is 26.2 Å². The van der Waals surface area contributed by atoms with Crippen LogP contribution in [0.2, 0.25) is 0 Å². The maximum absolute atomic E-state index is 9.06. The highest BCUT2D eigenvalue weighted by Crippen LogP contribution is 2.23. The summed E-state index contributed by atoms with van der Waals surface area (Å²) >= 11 is 3.36. The van der Waals surface area contributed by atoms with Crippen LogP contribution in [0, 0.1) is 0 Å². The van der Waals surface area contributed by atoms with E-state index in [1.165, 1.54) is 0 Å². The van der Waals surface area contributed by atoms with Crippen LogP contribution in [-0.4, -0.2) is 16.7 Å². The lowest BCUT2D eigenvalue weighted by molar-refractivity contribution is 0.273. The van der Waals surface area contributed by atoms with Crippen LogP contribution in [-0.2, 0) is 0 Å². The van der Waals surface area contributed by atoms with Gasteiger partial charge in [0.05, 0.1) is 24.2 Å². The second-order valence-electron chi connectivity index (χ2n) is 3.62. The smallest absolute Gasteiger partial charge is 0.126 e. The first-order valence-corrected chi connectivity index (χ1v) is 6.10. The molecule has 17 heavy (non-hydrogen) atoms. The Kier molecular flexibility index (Phi) is 4.17. The molecule has 1 atom stereocenters. The van der Waals surface area contributed by atoms with Crippen molar-refractivity contribution in [3.63, 3.8) is 0 Å². The van der Waals surface area contributed by atoms with Crippen LogP contribution in [0.1, 0.15) is 18.2 Å². The molecular formula is C12H13BrN2O2. The first-order valence-electron chi connectivity index (χ1n) is 5.31. The Hall–Kier alpha value is -1.33. The summed E-state index contributed by atoms with van der Waals surface area (Å²) in [5.41, 5.74) is 0.884. The van der Waals surface area contributed by atoms with E-state index in [-0.39, 0.29) is 12.6 Å². The van der Waals surface area contributed by atoms with Gasteiger partial charge >= 0.3 is 0 Å². The molecule has 4 nitrogen and oxygen atoms in total. The predicted molar refractivity (Wildman–Crippen MR) is 68.7 cm³/mol. The number of aliphatic hydroxyl groups excluding tert-OH is 1. The van der Waals surface area contributed by atoms with Crippen LogP contribution in [0.25, 0.3) is 0 Å². The molecule has 2 heterocycles. The van der Waals surface area contributed by atoms with Gasteiger partial charge in [0.2, 0.25) is 0 Å². The van der Waals surface area contributed by atoms with Gasteiger partial charge in [0.25, 0.3) is 0 Å². The van der Waals surface area contributed by atoms with Crippen molar-refractivity contribution in [2.75, 3.05) is 11.9 Å². The lowest BCUT2D eigenvalue weighted by Crippen LogP contribution is -2.11. The van der Waals surface area contributed by atoms with E-state index in [1.807, 2.05) is 18.2 Å². The van der Waals surface area contributed by atoms with Gasteiger partial charge < -0.3 is 14.8 Å². The molecule has 0 amide bonds. The maximum atomic E-state index is 9.06. The number of nitrogens with one attached hydrogen (secondary N) is 1. The Labute approximate surface area is 108 Å². The summed E-state index contributed by atoms with van der Waals surface area (Å²) in [6.07, 6.45) is 5.66. The average Bonchev–Trinajstić information content (AvgIpc) is 2.82. The van der Waals surface area contributed by atoms with E-state index < -0.39 is 0 Å². The Morgan fingerprint density at radius 1 is 1.47 bits per heavy atom. The van der Waals surface area contributed by atoms with E-state index in [0.717, 1.165) is 15.9 Å². The number of halogens is 1. The van der Waals surface area contributed by atoms with Gasteiger partial charge in [-0.05, 0) is 40.5 Å². The molecule has 0 saturated carbocycles. The average molecular weight is 297 g/mol. The predicted octanol–water partition coefficient (Wildman–Crippen LogP) is 2.97. The van der Waals surface area contributed by atoms with Crippen LogP contribution >= 0.6 is 15.9 Å². The molecule has 1 unspecified atom stereocenters. The van der Waals surface area contributed by atoms with Crippen molar-refractivity contribution in [2.45, 2.75) is 12.5 Å². The van der Waals surface area contributed by atoms with E-state index in [0.29, 0.717) is 6.42 Å². The van der Waals surface area contributed by atoms with Crippen LogP contribution < -0.4 is 5.32 Å². The molecule has 2 rings (SSSR count). The molecule has 2 N–H and O–H groups in total. The Morgan fingerprint density at radius 2 is 2.35 bits per heavy atom. The molecule has 0 aliphatic carbocycles. The molecule has 90 valence electrons. The highest BCUT2D eigenvalue weighted by atomic mass is 79.9. The van der Waals surface area contributed by atoms with E-state index in [4.69, 9.17) is 9.52 Å². The largest absolute Gasteiger partial charge is 0.467 e. The number of rotatable bonds is 5. The van der Waals surface area contributed by atoms with Crippen LogP contribution in [0.3, 0.4) is 0 Å². The zero-order valence-corrected chi connectivity index (χ0v) is 10.7. The quantitative estimate of drug-likeness (QED) is 0.891. The summed E-state index contributed by atoms with van der Waals surface area (Å²) in [6, 6.07) is 5.60. The third-order valence-corrected chi connectivity index (χ3v) is 2.78. The second-order valence-corrected chi connectivity index (χ2v) is 4.53. The van der Waals surface area contributed by atoms with E-state index >= 15 is 0 Å². The molecule has 0 bridgehead atoms. The summed E-state index contributed by atoms with van der Waals surface area (Å²) in [7, 11) is 0. The van der Waals surface area contributed by atoms with Gasteiger partial charge in [0.1, 0.15) is 5.76 Å². The van der Waals surface area contributed by atoms with Crippen molar-refractivity contribution in [1.29, 1.82) is 0 Å². The first-order chi connectivity index (χ1) is 8.29. The van der Waals surface area contributed by atoms with Crippen molar-refractivity contribution in [3.05, 3.63) is 47.1 Å². The number of aliphatic hydroxyl groups is 1. The molecule has 2 aromatic rings. The lowest BCUT2D eigenvalue weighted by Gasteiger charge is -2.16. The fourth-order valence-electron chi connectivity index (χ4n) is 1.60. The van der Waals surface area contributed by atoms with Crippen molar-refractivity contribution in [3.8, 4) is 0 Å². The monoisotopic (exact) mass is 296 g/mol. The van der Waals surface area contributed by atoms with E-state index in [9.17, 15) is 0 Å². The minimum atomic E-state index is -0.0499. The van der Waals surface area contributed by atoms with Gasteiger partial charge in [0.15, 0.2) is 0 Å². The third-order valence-electron chi connectivity index (χ3n) is 2.35. The summed E-state index contributed by atoms with van der Waals surface area (Å²) in [5, 5.41) is 12.3. The molecular weight excluding hydrogens is 284 g/mol. The summed E-state index contributed by atoms with van der Waals surface area (Å²) in [4.78, 5) is 4.08. The number of aromatic nitrogens is 1. The molecule has 0 aliphatic heterocycles. The van der Waals surface area contributed by atoms with Gasteiger partial charge in [-0.2, -0.15) is 0 Å². The molecule has 2 aromatic heterocycles. The normalized spacial score (nSPS) is 12.4. The van der Waals surface area contributed by atoms with Gasteiger partial charge in [-0.15, -0.1) is 0 Å². The second kappa shape index (κ2) is 5.84. The molecule has 0 saturated heterocycles. The fraction of sp³-hybridized carbons (Fsp3) is 0.250. The highest BCUT2D eigenvalue weighted by molar-refractivity contribution is 9.10. The number of hydrogen-bond donors (Lipinski definition) is 2. The molecule has 0 aliphatic rings. The fourth-order valence-corrected chi connectivity index (χ4v) is 1.96. The summed E-state index contributed by atoms with van der Waals surface area (Å²) < 4.78 is 6.25.